The van der Waals surface area contributed by atoms with Crippen LogP contribution in [0.4, 0.5) is 0 Å². The fraction of sp³-hybridized carbons (Fsp3) is 0.714. The molecule has 1 aliphatic heterocycles. The maximum absolute atomic E-state index is 5.28. The minimum absolute atomic E-state index is 0.400. The van der Waals surface area contributed by atoms with Crippen LogP contribution < -0.4 is 0 Å². The summed E-state index contributed by atoms with van der Waals surface area (Å²) in [5.74, 6) is 1.53. The van der Waals surface area contributed by atoms with Crippen molar-refractivity contribution in [2.45, 2.75) is 26.4 Å². The van der Waals surface area contributed by atoms with E-state index in [0.717, 1.165) is 12.2 Å². The van der Waals surface area contributed by atoms with Crippen LogP contribution in [0.1, 0.15) is 20.3 Å². The Morgan fingerprint density at radius 1 is 1.62 bits per heavy atom. The van der Waals surface area contributed by atoms with E-state index in [-0.39, 0.29) is 0 Å². The van der Waals surface area contributed by atoms with Crippen LogP contribution in [0.15, 0.2) is 12.3 Å². The highest BCUT2D eigenvalue weighted by atomic mass is 16.5. The van der Waals surface area contributed by atoms with Crippen LogP contribution in [0.2, 0.25) is 0 Å². The summed E-state index contributed by atoms with van der Waals surface area (Å²) in [7, 11) is 0. The molecule has 1 aliphatic rings. The molecule has 1 heterocycles. The number of ether oxygens (including phenoxy) is 1. The standard InChI is InChI=1S/C7H12O/c1-5-4-6(2)8-7(5)3/h5-6H,3-4H2,1-2H3/t5-,6-/m1/s1. The van der Waals surface area contributed by atoms with E-state index in [0.29, 0.717) is 12.0 Å². The third-order valence-corrected chi connectivity index (χ3v) is 1.59. The molecule has 1 rings (SSSR count). The lowest BCUT2D eigenvalue weighted by Gasteiger charge is -2.00. The van der Waals surface area contributed by atoms with Crippen molar-refractivity contribution < 1.29 is 4.74 Å². The molecule has 1 saturated heterocycles. The molecule has 1 fully saturated rings. The lowest BCUT2D eigenvalue weighted by molar-refractivity contribution is 0.178. The Hall–Kier alpha value is -0.460. The zero-order chi connectivity index (χ0) is 6.15. The van der Waals surface area contributed by atoms with Crippen molar-refractivity contribution in [3.05, 3.63) is 12.3 Å². The average molecular weight is 112 g/mol. The summed E-state index contributed by atoms with van der Waals surface area (Å²) >= 11 is 0. The predicted molar refractivity (Wildman–Crippen MR) is 33.5 cm³/mol. The summed E-state index contributed by atoms with van der Waals surface area (Å²) in [5, 5.41) is 0. The van der Waals surface area contributed by atoms with E-state index in [9.17, 15) is 0 Å². The molecule has 0 aromatic rings. The Labute approximate surface area is 50.3 Å². The number of allylic oxidation sites excluding steroid dienone is 1. The lowest BCUT2D eigenvalue weighted by atomic mass is 10.1. The highest BCUT2D eigenvalue weighted by Crippen LogP contribution is 2.26. The SMILES string of the molecule is C=C1O[C@H](C)C[C@H]1C. The number of hydrogen-bond acceptors (Lipinski definition) is 1. The highest BCUT2D eigenvalue weighted by molar-refractivity contribution is 4.95. The highest BCUT2D eigenvalue weighted by Gasteiger charge is 2.21. The molecule has 2 atom stereocenters. The van der Waals surface area contributed by atoms with E-state index in [4.69, 9.17) is 4.74 Å². The van der Waals surface area contributed by atoms with Crippen LogP contribution >= 0.6 is 0 Å². The number of rotatable bonds is 0. The summed E-state index contributed by atoms with van der Waals surface area (Å²) in [5.41, 5.74) is 0. The maximum atomic E-state index is 5.28. The van der Waals surface area contributed by atoms with Crippen molar-refractivity contribution in [3.8, 4) is 0 Å². The maximum Gasteiger partial charge on any atom is 0.0961 e. The van der Waals surface area contributed by atoms with Gasteiger partial charge >= 0.3 is 0 Å². The van der Waals surface area contributed by atoms with Crippen molar-refractivity contribution in [2.75, 3.05) is 0 Å². The van der Waals surface area contributed by atoms with Crippen molar-refractivity contribution in [2.24, 2.45) is 5.92 Å². The summed E-state index contributed by atoms with van der Waals surface area (Å²) in [6.07, 6.45) is 1.54. The quantitative estimate of drug-likeness (QED) is 0.465. The van der Waals surface area contributed by atoms with Crippen LogP contribution in [0.25, 0.3) is 0 Å². The molecule has 0 amide bonds. The molecular weight excluding hydrogens is 100 g/mol. The zero-order valence-electron chi connectivity index (χ0n) is 5.48. The first-order chi connectivity index (χ1) is 3.70. The molecule has 0 bridgehead atoms. The van der Waals surface area contributed by atoms with Gasteiger partial charge in [0.15, 0.2) is 0 Å². The molecule has 46 valence electrons. The van der Waals surface area contributed by atoms with E-state index in [1.807, 2.05) is 0 Å². The predicted octanol–water partition coefficient (Wildman–Crippen LogP) is 1.95. The summed E-state index contributed by atoms with van der Waals surface area (Å²) in [4.78, 5) is 0. The van der Waals surface area contributed by atoms with Gasteiger partial charge < -0.3 is 4.74 Å². The van der Waals surface area contributed by atoms with E-state index < -0.39 is 0 Å². The Morgan fingerprint density at radius 3 is 2.38 bits per heavy atom. The van der Waals surface area contributed by atoms with Gasteiger partial charge in [0, 0.05) is 5.92 Å². The smallest absolute Gasteiger partial charge is 0.0961 e. The van der Waals surface area contributed by atoms with Crippen molar-refractivity contribution in [1.29, 1.82) is 0 Å². The van der Waals surface area contributed by atoms with Gasteiger partial charge in [-0.25, -0.2) is 0 Å². The monoisotopic (exact) mass is 112 g/mol. The van der Waals surface area contributed by atoms with E-state index in [1.54, 1.807) is 0 Å². The summed E-state index contributed by atoms with van der Waals surface area (Å²) in [6.45, 7) is 7.99. The second-order valence-electron chi connectivity index (χ2n) is 2.53. The van der Waals surface area contributed by atoms with Gasteiger partial charge in [0.1, 0.15) is 0 Å². The van der Waals surface area contributed by atoms with Gasteiger partial charge in [-0.15, -0.1) is 0 Å². The minimum atomic E-state index is 0.400. The molecule has 0 N–H and O–H groups in total. The van der Waals surface area contributed by atoms with E-state index >= 15 is 0 Å². The summed E-state index contributed by atoms with van der Waals surface area (Å²) in [6, 6.07) is 0. The van der Waals surface area contributed by atoms with E-state index in [2.05, 4.69) is 20.4 Å². The molecule has 0 aliphatic carbocycles. The Kier molecular flexibility index (Phi) is 1.28. The molecule has 0 unspecified atom stereocenters. The summed E-state index contributed by atoms with van der Waals surface area (Å²) < 4.78 is 5.28. The van der Waals surface area contributed by atoms with Gasteiger partial charge in [-0.05, 0) is 13.3 Å². The largest absolute Gasteiger partial charge is 0.495 e. The fourth-order valence-electron chi connectivity index (χ4n) is 1.05. The average Bonchev–Trinajstić information content (AvgIpc) is 1.85. The molecular formula is C7H12O. The molecule has 0 spiro atoms. The van der Waals surface area contributed by atoms with Gasteiger partial charge in [-0.1, -0.05) is 13.5 Å². The van der Waals surface area contributed by atoms with Crippen LogP contribution in [0, 0.1) is 5.92 Å². The van der Waals surface area contributed by atoms with Crippen molar-refractivity contribution in [3.63, 3.8) is 0 Å². The molecule has 1 heteroatoms. The first-order valence-corrected chi connectivity index (χ1v) is 3.05. The van der Waals surface area contributed by atoms with Gasteiger partial charge in [-0.2, -0.15) is 0 Å². The van der Waals surface area contributed by atoms with Crippen LogP contribution in [0.5, 0.6) is 0 Å². The van der Waals surface area contributed by atoms with Crippen molar-refractivity contribution >= 4 is 0 Å². The second-order valence-corrected chi connectivity index (χ2v) is 2.53. The topological polar surface area (TPSA) is 9.23 Å². The normalized spacial score (nSPS) is 37.5. The van der Waals surface area contributed by atoms with Gasteiger partial charge in [-0.3, -0.25) is 0 Å². The molecule has 0 radical (unpaired) electrons. The minimum Gasteiger partial charge on any atom is -0.495 e. The third kappa shape index (κ3) is 0.857. The van der Waals surface area contributed by atoms with Gasteiger partial charge in [0.05, 0.1) is 11.9 Å². The van der Waals surface area contributed by atoms with Gasteiger partial charge in [0.25, 0.3) is 0 Å². The molecule has 1 nitrogen and oxygen atoms in total. The zero-order valence-corrected chi connectivity index (χ0v) is 5.48. The fourth-order valence-corrected chi connectivity index (χ4v) is 1.05. The Balaban J connectivity index is 2.51. The third-order valence-electron chi connectivity index (χ3n) is 1.59. The number of hydrogen-bond donors (Lipinski definition) is 0. The molecule has 8 heavy (non-hydrogen) atoms. The Morgan fingerprint density at radius 2 is 2.25 bits per heavy atom. The van der Waals surface area contributed by atoms with E-state index in [1.165, 1.54) is 0 Å². The first-order valence-electron chi connectivity index (χ1n) is 3.05. The molecule has 0 aromatic heterocycles. The van der Waals surface area contributed by atoms with Gasteiger partial charge in [0.2, 0.25) is 0 Å². The molecule has 0 aromatic carbocycles. The van der Waals surface area contributed by atoms with Crippen LogP contribution in [0.3, 0.4) is 0 Å². The second kappa shape index (κ2) is 1.81. The van der Waals surface area contributed by atoms with Crippen LogP contribution in [-0.2, 0) is 4.74 Å². The lowest BCUT2D eigenvalue weighted by Crippen LogP contribution is -1.94. The van der Waals surface area contributed by atoms with Crippen molar-refractivity contribution in [1.82, 2.24) is 0 Å². The molecule has 0 saturated carbocycles. The van der Waals surface area contributed by atoms with Crippen LogP contribution in [-0.4, -0.2) is 6.10 Å². The first kappa shape index (κ1) is 5.67. The Bertz CT molecular complexity index is 107.